The summed E-state index contributed by atoms with van der Waals surface area (Å²) in [5.41, 5.74) is 2.75. The maximum Gasteiger partial charge on any atom is 0.125 e. The fraction of sp³-hybridized carbons (Fsp3) is 0.467. The molecule has 1 aliphatic rings. The third kappa shape index (κ3) is 2.66. The van der Waals surface area contributed by atoms with Crippen molar-refractivity contribution in [2.75, 3.05) is 6.61 Å². The van der Waals surface area contributed by atoms with E-state index in [0.29, 0.717) is 0 Å². The summed E-state index contributed by atoms with van der Waals surface area (Å²) >= 11 is 0. The van der Waals surface area contributed by atoms with Crippen LogP contribution in [0.15, 0.2) is 35.9 Å². The van der Waals surface area contributed by atoms with E-state index < -0.39 is 0 Å². The highest BCUT2D eigenvalue weighted by atomic mass is 16.5. The lowest BCUT2D eigenvalue weighted by Crippen LogP contribution is -2.05. The third-order valence-electron chi connectivity index (χ3n) is 3.06. The molecule has 0 amide bonds. The second-order valence-corrected chi connectivity index (χ2v) is 4.35. The number of allylic oxidation sites excluding steroid dienone is 1. The fourth-order valence-corrected chi connectivity index (χ4v) is 1.88. The Hall–Kier alpha value is -1.24. The first-order valence-corrected chi connectivity index (χ1v) is 6.32. The van der Waals surface area contributed by atoms with Crippen molar-refractivity contribution < 1.29 is 4.74 Å². The van der Waals surface area contributed by atoms with Crippen molar-refractivity contribution in [2.45, 2.75) is 39.0 Å². The number of ether oxygens (including phenoxy) is 1. The predicted octanol–water partition coefficient (Wildman–Crippen LogP) is 4.40. The summed E-state index contributed by atoms with van der Waals surface area (Å²) in [6.07, 6.45) is 6.09. The standard InChI is InChI=1S/C15H20O/c1-2-3-12-16-15(14-10-7-11-14)13-8-5-4-6-9-13/h4-6,8-9H,2-3,7,10-12H2,1H3. The highest BCUT2D eigenvalue weighted by Gasteiger charge is 2.16. The van der Waals surface area contributed by atoms with Gasteiger partial charge in [-0.25, -0.2) is 0 Å². The van der Waals surface area contributed by atoms with E-state index in [1.807, 2.05) is 0 Å². The van der Waals surface area contributed by atoms with Gasteiger partial charge in [-0.15, -0.1) is 0 Å². The molecule has 1 aliphatic carbocycles. The minimum atomic E-state index is 0.851. The topological polar surface area (TPSA) is 9.23 Å². The van der Waals surface area contributed by atoms with Crippen LogP contribution in [-0.2, 0) is 4.74 Å². The fourth-order valence-electron chi connectivity index (χ4n) is 1.88. The van der Waals surface area contributed by atoms with Gasteiger partial charge in [0.2, 0.25) is 0 Å². The van der Waals surface area contributed by atoms with Crippen LogP contribution in [0.1, 0.15) is 44.6 Å². The van der Waals surface area contributed by atoms with Gasteiger partial charge in [-0.2, -0.15) is 0 Å². The van der Waals surface area contributed by atoms with E-state index in [1.165, 1.54) is 36.8 Å². The Morgan fingerprint density at radius 2 is 1.94 bits per heavy atom. The van der Waals surface area contributed by atoms with Crippen molar-refractivity contribution in [1.82, 2.24) is 0 Å². The highest BCUT2D eigenvalue weighted by molar-refractivity contribution is 5.64. The van der Waals surface area contributed by atoms with Crippen molar-refractivity contribution in [3.05, 3.63) is 41.5 Å². The number of hydrogen-bond donors (Lipinski definition) is 0. The van der Waals surface area contributed by atoms with Crippen molar-refractivity contribution >= 4 is 5.76 Å². The first-order valence-electron chi connectivity index (χ1n) is 6.32. The molecule has 0 unspecified atom stereocenters. The smallest absolute Gasteiger partial charge is 0.125 e. The summed E-state index contributed by atoms with van der Waals surface area (Å²) in [4.78, 5) is 0. The summed E-state index contributed by atoms with van der Waals surface area (Å²) < 4.78 is 5.95. The van der Waals surface area contributed by atoms with Crippen LogP contribution in [0.25, 0.3) is 5.76 Å². The Labute approximate surface area is 98.1 Å². The van der Waals surface area contributed by atoms with Crippen LogP contribution < -0.4 is 0 Å². The van der Waals surface area contributed by atoms with E-state index in [-0.39, 0.29) is 0 Å². The minimum absolute atomic E-state index is 0.851. The van der Waals surface area contributed by atoms with E-state index in [4.69, 9.17) is 4.74 Å². The lowest BCUT2D eigenvalue weighted by Gasteiger charge is -2.22. The van der Waals surface area contributed by atoms with Gasteiger partial charge in [0.15, 0.2) is 0 Å². The van der Waals surface area contributed by atoms with Crippen LogP contribution in [0.2, 0.25) is 0 Å². The molecule has 0 bridgehead atoms. The van der Waals surface area contributed by atoms with Crippen molar-refractivity contribution in [2.24, 2.45) is 0 Å². The molecule has 0 aromatic heterocycles. The van der Waals surface area contributed by atoms with Gasteiger partial charge in [0.1, 0.15) is 5.76 Å². The van der Waals surface area contributed by atoms with Crippen LogP contribution in [0, 0.1) is 0 Å². The first kappa shape index (κ1) is 11.3. The lowest BCUT2D eigenvalue weighted by atomic mass is 9.89. The van der Waals surface area contributed by atoms with Crippen LogP contribution >= 0.6 is 0 Å². The van der Waals surface area contributed by atoms with Gasteiger partial charge < -0.3 is 4.74 Å². The zero-order chi connectivity index (χ0) is 11.2. The van der Waals surface area contributed by atoms with Gasteiger partial charge in [0.05, 0.1) is 6.61 Å². The Balaban J connectivity index is 2.10. The maximum atomic E-state index is 5.95. The van der Waals surface area contributed by atoms with E-state index in [1.54, 1.807) is 0 Å². The molecule has 16 heavy (non-hydrogen) atoms. The lowest BCUT2D eigenvalue weighted by molar-refractivity contribution is 0.264. The molecule has 86 valence electrons. The average Bonchev–Trinajstić information content (AvgIpc) is 2.27. The molecule has 0 aliphatic heterocycles. The third-order valence-corrected chi connectivity index (χ3v) is 3.06. The van der Waals surface area contributed by atoms with Gasteiger partial charge in [-0.1, -0.05) is 43.7 Å². The van der Waals surface area contributed by atoms with Crippen molar-refractivity contribution in [1.29, 1.82) is 0 Å². The molecular formula is C15H20O. The molecule has 0 atom stereocenters. The van der Waals surface area contributed by atoms with Crippen molar-refractivity contribution in [3.63, 3.8) is 0 Å². The van der Waals surface area contributed by atoms with Gasteiger partial charge in [-0.3, -0.25) is 0 Å². The number of benzene rings is 1. The summed E-state index contributed by atoms with van der Waals surface area (Å²) in [6, 6.07) is 10.5. The van der Waals surface area contributed by atoms with Crippen LogP contribution in [0.3, 0.4) is 0 Å². The zero-order valence-electron chi connectivity index (χ0n) is 10.0. The molecule has 1 aromatic rings. The number of unbranched alkanes of at least 4 members (excludes halogenated alkanes) is 1. The highest BCUT2D eigenvalue weighted by Crippen LogP contribution is 2.34. The van der Waals surface area contributed by atoms with Crippen LogP contribution in [-0.4, -0.2) is 6.61 Å². The average molecular weight is 216 g/mol. The quantitative estimate of drug-likeness (QED) is 0.523. The molecule has 1 nitrogen and oxygen atoms in total. The zero-order valence-corrected chi connectivity index (χ0v) is 10.0. The molecule has 1 aromatic carbocycles. The van der Waals surface area contributed by atoms with Crippen LogP contribution in [0.4, 0.5) is 0 Å². The second-order valence-electron chi connectivity index (χ2n) is 4.35. The molecule has 0 spiro atoms. The Morgan fingerprint density at radius 3 is 2.50 bits per heavy atom. The Kier molecular flexibility index (Phi) is 4.03. The van der Waals surface area contributed by atoms with Gasteiger partial charge in [0.25, 0.3) is 0 Å². The molecule has 0 radical (unpaired) electrons. The van der Waals surface area contributed by atoms with E-state index >= 15 is 0 Å². The number of rotatable bonds is 5. The van der Waals surface area contributed by atoms with Gasteiger partial charge >= 0.3 is 0 Å². The number of hydrogen-bond acceptors (Lipinski definition) is 1. The minimum Gasteiger partial charge on any atom is -0.493 e. The van der Waals surface area contributed by atoms with E-state index in [0.717, 1.165) is 18.8 Å². The van der Waals surface area contributed by atoms with Crippen molar-refractivity contribution in [3.8, 4) is 0 Å². The SMILES string of the molecule is CCCCOC(=C1CCC1)c1ccccc1. The first-order chi connectivity index (χ1) is 7.92. The molecule has 1 heteroatoms. The maximum absolute atomic E-state index is 5.95. The molecule has 1 saturated carbocycles. The molecule has 0 saturated heterocycles. The Bertz CT molecular complexity index is 345. The summed E-state index contributed by atoms with van der Waals surface area (Å²) in [5.74, 6) is 1.15. The Morgan fingerprint density at radius 1 is 1.19 bits per heavy atom. The van der Waals surface area contributed by atoms with E-state index in [2.05, 4.69) is 37.3 Å². The molecule has 0 N–H and O–H groups in total. The summed E-state index contributed by atoms with van der Waals surface area (Å²) in [5, 5.41) is 0. The summed E-state index contributed by atoms with van der Waals surface area (Å²) in [7, 11) is 0. The van der Waals surface area contributed by atoms with Gasteiger partial charge in [-0.05, 0) is 31.3 Å². The molecule has 2 rings (SSSR count). The molecular weight excluding hydrogens is 196 g/mol. The summed E-state index contributed by atoms with van der Waals surface area (Å²) in [6.45, 7) is 3.05. The molecule has 0 heterocycles. The predicted molar refractivity (Wildman–Crippen MR) is 68.1 cm³/mol. The van der Waals surface area contributed by atoms with E-state index in [9.17, 15) is 0 Å². The van der Waals surface area contributed by atoms with Crippen LogP contribution in [0.5, 0.6) is 0 Å². The largest absolute Gasteiger partial charge is 0.493 e. The second kappa shape index (κ2) is 5.74. The monoisotopic (exact) mass is 216 g/mol. The van der Waals surface area contributed by atoms with Gasteiger partial charge in [0, 0.05) is 5.56 Å². The molecule has 1 fully saturated rings. The normalized spacial score (nSPS) is 14.4.